The molecule has 1 aliphatic carbocycles. The van der Waals surface area contributed by atoms with Gasteiger partial charge in [-0.3, -0.25) is 0 Å². The first-order valence-corrected chi connectivity index (χ1v) is 9.95. The van der Waals surface area contributed by atoms with E-state index in [0.717, 1.165) is 29.9 Å². The van der Waals surface area contributed by atoms with Crippen LogP contribution in [0.3, 0.4) is 0 Å². The van der Waals surface area contributed by atoms with Crippen LogP contribution in [0.15, 0.2) is 48.5 Å². The second-order valence-electron chi connectivity index (χ2n) is 6.72. The molecular weight excluding hydrogens is 334 g/mol. The zero-order valence-electron chi connectivity index (χ0n) is 16.9. The van der Waals surface area contributed by atoms with Gasteiger partial charge in [0.2, 0.25) is 0 Å². The first-order valence-electron chi connectivity index (χ1n) is 9.95. The fourth-order valence-corrected chi connectivity index (χ4v) is 3.66. The number of aryl methyl sites for hydroxylation is 1. The van der Waals surface area contributed by atoms with Crippen molar-refractivity contribution in [3.05, 3.63) is 59.7 Å². The van der Waals surface area contributed by atoms with Gasteiger partial charge in [-0.25, -0.2) is 4.68 Å². The molecule has 4 heteroatoms. The zero-order chi connectivity index (χ0) is 19.4. The van der Waals surface area contributed by atoms with Crippen LogP contribution in [0.4, 0.5) is 0 Å². The summed E-state index contributed by atoms with van der Waals surface area (Å²) in [4.78, 5) is 0. The van der Waals surface area contributed by atoms with Gasteiger partial charge in [-0.15, -0.1) is 5.10 Å². The van der Waals surface area contributed by atoms with E-state index >= 15 is 0 Å². The molecule has 1 atom stereocenters. The molecule has 0 radical (unpaired) electrons. The van der Waals surface area contributed by atoms with Gasteiger partial charge in [0.05, 0.1) is 17.9 Å². The predicted octanol–water partition coefficient (Wildman–Crippen LogP) is 5.68. The van der Waals surface area contributed by atoms with Gasteiger partial charge in [0.1, 0.15) is 5.69 Å². The van der Waals surface area contributed by atoms with Gasteiger partial charge in [0.15, 0.2) is 0 Å². The van der Waals surface area contributed by atoms with Crippen LogP contribution < -0.4 is 0 Å². The van der Waals surface area contributed by atoms with Gasteiger partial charge in [0.25, 0.3) is 0 Å². The maximum absolute atomic E-state index is 6.33. The van der Waals surface area contributed by atoms with Crippen molar-refractivity contribution in [2.24, 2.45) is 0 Å². The van der Waals surface area contributed by atoms with E-state index in [0.29, 0.717) is 0 Å². The Morgan fingerprint density at radius 3 is 2.41 bits per heavy atom. The molecule has 0 bridgehead atoms. The number of hydrogen-bond donors (Lipinski definition) is 0. The molecule has 1 unspecified atom stereocenters. The van der Waals surface area contributed by atoms with Gasteiger partial charge in [-0.1, -0.05) is 67.6 Å². The van der Waals surface area contributed by atoms with E-state index in [9.17, 15) is 0 Å². The molecule has 142 valence electrons. The van der Waals surface area contributed by atoms with Crippen molar-refractivity contribution >= 4 is 0 Å². The highest BCUT2D eigenvalue weighted by Gasteiger charge is 2.28. The highest BCUT2D eigenvalue weighted by Crippen LogP contribution is 2.41. The van der Waals surface area contributed by atoms with Crippen molar-refractivity contribution in [1.82, 2.24) is 15.0 Å². The molecule has 0 N–H and O–H groups in total. The van der Waals surface area contributed by atoms with Crippen LogP contribution in [0.5, 0.6) is 0 Å². The number of fused-ring (bicyclic) bond motifs is 5. The molecule has 4 nitrogen and oxygen atoms in total. The maximum atomic E-state index is 6.33. The van der Waals surface area contributed by atoms with Crippen LogP contribution in [-0.4, -0.2) is 21.1 Å². The van der Waals surface area contributed by atoms with Crippen LogP contribution >= 0.6 is 0 Å². The summed E-state index contributed by atoms with van der Waals surface area (Å²) in [7, 11) is 0. The average molecular weight is 364 g/mol. The lowest BCUT2D eigenvalue weighted by Gasteiger charge is -2.26. The maximum Gasteiger partial charge on any atom is 0.121 e. The summed E-state index contributed by atoms with van der Waals surface area (Å²) in [5, 5.41) is 8.94. The largest absolute Gasteiger partial charge is 0.371 e. The highest BCUT2D eigenvalue weighted by atomic mass is 16.5. The van der Waals surface area contributed by atoms with E-state index in [1.807, 2.05) is 18.5 Å². The summed E-state index contributed by atoms with van der Waals surface area (Å²) in [5.41, 5.74) is 6.85. The first-order chi connectivity index (χ1) is 13.2. The van der Waals surface area contributed by atoms with E-state index < -0.39 is 0 Å². The highest BCUT2D eigenvalue weighted by molar-refractivity contribution is 5.82. The van der Waals surface area contributed by atoms with Crippen molar-refractivity contribution in [2.45, 2.75) is 59.8 Å². The number of hydrogen-bond acceptors (Lipinski definition) is 3. The Labute approximate surface area is 162 Å². The molecule has 0 aliphatic heterocycles. The van der Waals surface area contributed by atoms with Crippen molar-refractivity contribution in [3.63, 3.8) is 0 Å². The minimum absolute atomic E-state index is 0.0192. The second-order valence-corrected chi connectivity index (χ2v) is 6.72. The topological polar surface area (TPSA) is 39.9 Å². The SMILES string of the molecule is CC.CCn1nnc2c1-c1ccccc1C(OC(C)C)Cc1ccccc1-2. The summed E-state index contributed by atoms with van der Waals surface area (Å²) < 4.78 is 8.31. The van der Waals surface area contributed by atoms with Crippen LogP contribution in [0.25, 0.3) is 22.5 Å². The number of nitrogens with zero attached hydrogens (tertiary/aromatic N) is 3. The number of benzene rings is 2. The Morgan fingerprint density at radius 1 is 1.04 bits per heavy atom. The normalized spacial score (nSPS) is 15.0. The summed E-state index contributed by atoms with van der Waals surface area (Å²) in [5.74, 6) is 0. The Morgan fingerprint density at radius 2 is 1.70 bits per heavy atom. The first kappa shape index (κ1) is 19.3. The third-order valence-corrected chi connectivity index (χ3v) is 4.71. The van der Waals surface area contributed by atoms with Gasteiger partial charge >= 0.3 is 0 Å². The van der Waals surface area contributed by atoms with Crippen molar-refractivity contribution in [3.8, 4) is 22.5 Å². The van der Waals surface area contributed by atoms with Crippen LogP contribution in [-0.2, 0) is 17.7 Å². The van der Waals surface area contributed by atoms with E-state index in [1.54, 1.807) is 0 Å². The number of ether oxygens (including phenoxy) is 1. The third kappa shape index (κ3) is 3.67. The molecule has 3 aromatic rings. The molecule has 1 aromatic heterocycles. The summed E-state index contributed by atoms with van der Waals surface area (Å²) >= 11 is 0. The van der Waals surface area contributed by atoms with Crippen LogP contribution in [0, 0.1) is 0 Å². The standard InChI is InChI=1S/C21H23N3O.C2H6/c1-4-24-21-18-12-8-7-11-17(18)19(25-14(2)3)13-15-9-5-6-10-16(15)20(21)22-23-24;1-2/h5-12,14,19H,4,13H2,1-3H3;1-2H3. The monoisotopic (exact) mass is 363 g/mol. The lowest BCUT2D eigenvalue weighted by atomic mass is 9.87. The Bertz CT molecular complexity index is 898. The molecule has 1 heterocycles. The van der Waals surface area contributed by atoms with E-state index in [4.69, 9.17) is 4.74 Å². The fourth-order valence-electron chi connectivity index (χ4n) is 3.66. The molecule has 1 aliphatic rings. The van der Waals surface area contributed by atoms with E-state index in [1.165, 1.54) is 16.7 Å². The quantitative estimate of drug-likeness (QED) is 0.601. The molecule has 0 saturated heterocycles. The molecule has 2 aromatic carbocycles. The second kappa shape index (κ2) is 8.49. The Hall–Kier alpha value is -2.46. The number of aromatic nitrogens is 3. The third-order valence-electron chi connectivity index (χ3n) is 4.71. The molecule has 27 heavy (non-hydrogen) atoms. The smallest absolute Gasteiger partial charge is 0.121 e. The van der Waals surface area contributed by atoms with Gasteiger partial charge in [0, 0.05) is 24.1 Å². The molecule has 0 spiro atoms. The van der Waals surface area contributed by atoms with Crippen LogP contribution in [0.1, 0.15) is 51.8 Å². The summed E-state index contributed by atoms with van der Waals surface area (Å²) in [6, 6.07) is 17.0. The summed E-state index contributed by atoms with van der Waals surface area (Å²) in [6.45, 7) is 11.1. The van der Waals surface area contributed by atoms with Crippen molar-refractivity contribution in [2.75, 3.05) is 0 Å². The fraction of sp³-hybridized carbons (Fsp3) is 0.391. The summed E-state index contributed by atoms with van der Waals surface area (Å²) in [6.07, 6.45) is 1.02. The van der Waals surface area contributed by atoms with E-state index in [-0.39, 0.29) is 12.2 Å². The minimum atomic E-state index is 0.0192. The van der Waals surface area contributed by atoms with Gasteiger partial charge < -0.3 is 4.74 Å². The lowest BCUT2D eigenvalue weighted by molar-refractivity contribution is 0.00716. The molecule has 4 rings (SSSR count). The lowest BCUT2D eigenvalue weighted by Crippen LogP contribution is -2.16. The molecule has 0 fully saturated rings. The molecule has 0 saturated carbocycles. The number of rotatable bonds is 3. The van der Waals surface area contributed by atoms with E-state index in [2.05, 4.69) is 79.6 Å². The minimum Gasteiger partial charge on any atom is -0.371 e. The van der Waals surface area contributed by atoms with Crippen LogP contribution in [0.2, 0.25) is 0 Å². The van der Waals surface area contributed by atoms with Gasteiger partial charge in [-0.2, -0.15) is 0 Å². The Balaban J connectivity index is 0.00000102. The molecular formula is C23H29N3O. The van der Waals surface area contributed by atoms with Crippen molar-refractivity contribution < 1.29 is 4.74 Å². The predicted molar refractivity (Wildman–Crippen MR) is 111 cm³/mol. The van der Waals surface area contributed by atoms with Gasteiger partial charge in [-0.05, 0) is 31.9 Å². The Kier molecular flexibility index (Phi) is 6.07. The average Bonchev–Trinajstić information content (AvgIpc) is 3.11. The van der Waals surface area contributed by atoms with Crippen molar-refractivity contribution in [1.29, 1.82) is 0 Å². The molecule has 0 amide bonds. The zero-order valence-corrected chi connectivity index (χ0v) is 16.9.